The van der Waals surface area contributed by atoms with E-state index < -0.39 is 11.8 Å². The molecule has 3 nitrogen and oxygen atoms in total. The van der Waals surface area contributed by atoms with E-state index in [4.69, 9.17) is 5.73 Å². The maximum absolute atomic E-state index is 12.8. The summed E-state index contributed by atoms with van der Waals surface area (Å²) < 4.78 is 17.2. The van der Waals surface area contributed by atoms with Crippen LogP contribution in [-0.4, -0.2) is 12.7 Å². The molecule has 1 rings (SSSR count). The number of rotatable bonds is 2. The van der Waals surface area contributed by atoms with Crippen LogP contribution in [0.2, 0.25) is 0 Å². The Morgan fingerprint density at radius 3 is 2.62 bits per heavy atom. The number of carbonyl (C=O) groups excluding carboxylic acids is 1. The highest BCUT2D eigenvalue weighted by atomic mass is 35.5. The first kappa shape index (κ1) is 11.9. The van der Waals surface area contributed by atoms with E-state index in [1.165, 1.54) is 18.2 Å². The van der Waals surface area contributed by atoms with Crippen molar-refractivity contribution in [3.05, 3.63) is 35.6 Å². The number of carbonyl (C=O) groups is 1. The van der Waals surface area contributed by atoms with Crippen LogP contribution in [0.3, 0.4) is 0 Å². The van der Waals surface area contributed by atoms with Gasteiger partial charge in [-0.1, -0.05) is 12.1 Å². The molecule has 0 amide bonds. The van der Waals surface area contributed by atoms with E-state index >= 15 is 0 Å². The van der Waals surface area contributed by atoms with Crippen molar-refractivity contribution in [1.82, 2.24) is 0 Å². The van der Waals surface area contributed by atoms with Gasteiger partial charge in [-0.15, -0.1) is 12.4 Å². The van der Waals surface area contributed by atoms with Crippen LogP contribution in [0.5, 0.6) is 0 Å². The van der Waals surface area contributed by atoms with E-state index in [2.05, 4.69) is 4.74 Å². The van der Waals surface area contributed by atoms with Crippen LogP contribution in [0.4, 0.5) is 4.39 Å². The fourth-order valence-electron chi connectivity index (χ4n) is 0.780. The van der Waals surface area contributed by atoms with Crippen LogP contribution in [0.1, 0.15) is 10.4 Å². The molecule has 1 aromatic rings. The molecule has 13 heavy (non-hydrogen) atoms. The Morgan fingerprint density at radius 2 is 2.08 bits per heavy atom. The van der Waals surface area contributed by atoms with Crippen LogP contribution in [-0.2, 0) is 4.74 Å². The van der Waals surface area contributed by atoms with Crippen LogP contribution < -0.4 is 5.73 Å². The first-order chi connectivity index (χ1) is 5.75. The van der Waals surface area contributed by atoms with Gasteiger partial charge in [-0.2, -0.15) is 0 Å². The van der Waals surface area contributed by atoms with E-state index in [9.17, 15) is 9.18 Å². The minimum absolute atomic E-state index is 0. The number of esters is 1. The molecular weight excluding hydrogens is 197 g/mol. The normalized spacial score (nSPS) is 8.77. The average molecular weight is 206 g/mol. The van der Waals surface area contributed by atoms with Crippen molar-refractivity contribution in [2.75, 3.05) is 6.73 Å². The van der Waals surface area contributed by atoms with Gasteiger partial charge in [0.15, 0.2) is 0 Å². The highest BCUT2D eigenvalue weighted by Gasteiger charge is 2.10. The summed E-state index contributed by atoms with van der Waals surface area (Å²) in [4.78, 5) is 10.9. The lowest BCUT2D eigenvalue weighted by atomic mass is 10.2. The molecule has 0 aliphatic carbocycles. The Bertz CT molecular complexity index is 293. The molecule has 0 spiro atoms. The van der Waals surface area contributed by atoms with E-state index in [0.29, 0.717) is 0 Å². The fraction of sp³-hybridized carbons (Fsp3) is 0.125. The molecule has 0 fully saturated rings. The van der Waals surface area contributed by atoms with Crippen molar-refractivity contribution in [2.45, 2.75) is 0 Å². The predicted octanol–water partition coefficient (Wildman–Crippen LogP) is 1.32. The summed E-state index contributed by atoms with van der Waals surface area (Å²) in [7, 11) is 0. The topological polar surface area (TPSA) is 52.3 Å². The van der Waals surface area contributed by atoms with Gasteiger partial charge in [0.25, 0.3) is 0 Å². The fourth-order valence-corrected chi connectivity index (χ4v) is 0.780. The molecule has 0 saturated carbocycles. The molecule has 0 bridgehead atoms. The van der Waals surface area contributed by atoms with Gasteiger partial charge in [-0.3, -0.25) is 5.73 Å². The smallest absolute Gasteiger partial charge is 0.342 e. The summed E-state index contributed by atoms with van der Waals surface area (Å²) >= 11 is 0. The quantitative estimate of drug-likeness (QED) is 0.585. The molecule has 0 radical (unpaired) electrons. The molecule has 0 saturated heterocycles. The van der Waals surface area contributed by atoms with Crippen molar-refractivity contribution in [1.29, 1.82) is 0 Å². The van der Waals surface area contributed by atoms with Gasteiger partial charge in [-0.05, 0) is 12.1 Å². The Kier molecular flexibility index (Phi) is 5.03. The zero-order chi connectivity index (χ0) is 8.97. The van der Waals surface area contributed by atoms with Gasteiger partial charge in [0.2, 0.25) is 0 Å². The third-order valence-electron chi connectivity index (χ3n) is 1.31. The molecule has 0 aliphatic rings. The van der Waals surface area contributed by atoms with Gasteiger partial charge in [-0.25, -0.2) is 9.18 Å². The summed E-state index contributed by atoms with van der Waals surface area (Å²) in [5, 5.41) is 0. The summed E-state index contributed by atoms with van der Waals surface area (Å²) in [5.74, 6) is -1.34. The van der Waals surface area contributed by atoms with Gasteiger partial charge in [0.1, 0.15) is 12.5 Å². The first-order valence-electron chi connectivity index (χ1n) is 3.37. The average Bonchev–Trinajstić information content (AvgIpc) is 2.05. The second-order valence-electron chi connectivity index (χ2n) is 2.08. The van der Waals surface area contributed by atoms with Gasteiger partial charge in [0, 0.05) is 0 Å². The molecule has 0 aromatic heterocycles. The molecule has 2 N–H and O–H groups in total. The molecule has 5 heteroatoms. The minimum atomic E-state index is -0.740. The van der Waals surface area contributed by atoms with E-state index in [1.807, 2.05) is 0 Å². The lowest BCUT2D eigenvalue weighted by Gasteiger charge is -2.01. The minimum Gasteiger partial charge on any atom is -0.446 e. The van der Waals surface area contributed by atoms with Crippen molar-refractivity contribution >= 4 is 18.4 Å². The standard InChI is InChI=1S/C8H8FNO2.ClH/c9-7-4-2-1-3-6(7)8(11)12-5-10;/h1-4H,5,10H2;1H. The number of hydrogen-bond acceptors (Lipinski definition) is 3. The highest BCUT2D eigenvalue weighted by Crippen LogP contribution is 2.06. The van der Waals surface area contributed by atoms with Crippen LogP contribution >= 0.6 is 12.4 Å². The molecule has 0 aliphatic heterocycles. The number of benzene rings is 1. The molecule has 0 atom stereocenters. The lowest BCUT2D eigenvalue weighted by Crippen LogP contribution is -2.13. The SMILES string of the molecule is Cl.NCOC(=O)c1ccccc1F. The number of ether oxygens (including phenoxy) is 1. The number of nitrogens with two attached hydrogens (primary N) is 1. The second-order valence-corrected chi connectivity index (χ2v) is 2.08. The monoisotopic (exact) mass is 205 g/mol. The van der Waals surface area contributed by atoms with Gasteiger partial charge in [0.05, 0.1) is 5.56 Å². The first-order valence-corrected chi connectivity index (χ1v) is 3.37. The van der Waals surface area contributed by atoms with Crippen molar-refractivity contribution in [2.24, 2.45) is 5.73 Å². The Morgan fingerprint density at radius 1 is 1.46 bits per heavy atom. The maximum Gasteiger partial charge on any atom is 0.342 e. The second kappa shape index (κ2) is 5.50. The highest BCUT2D eigenvalue weighted by molar-refractivity contribution is 5.89. The molecule has 72 valence electrons. The Labute approximate surface area is 81.1 Å². The summed E-state index contributed by atoms with van der Waals surface area (Å²) in [5.41, 5.74) is 4.86. The van der Waals surface area contributed by atoms with Gasteiger partial charge < -0.3 is 4.74 Å². The van der Waals surface area contributed by atoms with Crippen LogP contribution in [0, 0.1) is 5.82 Å². The van der Waals surface area contributed by atoms with Crippen molar-refractivity contribution in [3.8, 4) is 0 Å². The van der Waals surface area contributed by atoms with Crippen LogP contribution in [0.25, 0.3) is 0 Å². The Hall–Kier alpha value is -1.13. The summed E-state index contributed by atoms with van der Waals surface area (Å²) in [6, 6.07) is 5.57. The lowest BCUT2D eigenvalue weighted by molar-refractivity contribution is 0.0510. The third kappa shape index (κ3) is 3.01. The van der Waals surface area contributed by atoms with Gasteiger partial charge >= 0.3 is 5.97 Å². The number of hydrogen-bond donors (Lipinski definition) is 1. The number of halogens is 2. The molecule has 0 unspecified atom stereocenters. The van der Waals surface area contributed by atoms with Crippen LogP contribution in [0.15, 0.2) is 24.3 Å². The molecular formula is C8H9ClFNO2. The summed E-state index contributed by atoms with van der Waals surface area (Å²) in [6.45, 7) is -0.243. The zero-order valence-corrected chi connectivity index (χ0v) is 7.51. The van der Waals surface area contributed by atoms with Crippen molar-refractivity contribution in [3.63, 3.8) is 0 Å². The largest absolute Gasteiger partial charge is 0.446 e. The zero-order valence-electron chi connectivity index (χ0n) is 6.70. The van der Waals surface area contributed by atoms with Crippen molar-refractivity contribution < 1.29 is 13.9 Å². The maximum atomic E-state index is 12.8. The predicted molar refractivity (Wildman–Crippen MR) is 48.1 cm³/mol. The Balaban J connectivity index is 0.00000144. The molecule has 0 heterocycles. The summed E-state index contributed by atoms with van der Waals surface area (Å²) in [6.07, 6.45) is 0. The molecule has 1 aromatic carbocycles. The van der Waals surface area contributed by atoms with E-state index in [-0.39, 0.29) is 24.7 Å². The van der Waals surface area contributed by atoms with E-state index in [0.717, 1.165) is 0 Å². The van der Waals surface area contributed by atoms with E-state index in [1.54, 1.807) is 6.07 Å². The third-order valence-corrected chi connectivity index (χ3v) is 1.31.